The number of benzene rings is 3. The van der Waals surface area contributed by atoms with Crippen LogP contribution in [0.3, 0.4) is 0 Å². The molecule has 0 bridgehead atoms. The van der Waals surface area contributed by atoms with Crippen molar-refractivity contribution in [2.45, 2.75) is 0 Å². The lowest BCUT2D eigenvalue weighted by Crippen LogP contribution is -2.11. The molecule has 0 atom stereocenters. The number of hydrogen-bond acceptors (Lipinski definition) is 3. The van der Waals surface area contributed by atoms with Crippen LogP contribution in [0.15, 0.2) is 95.4 Å². The number of rotatable bonds is 5. The molecule has 0 unspecified atom stereocenters. The Morgan fingerprint density at radius 3 is 2.14 bits per heavy atom. The molecule has 4 rings (SSSR count). The Labute approximate surface area is 167 Å². The molecule has 0 aliphatic rings. The lowest BCUT2D eigenvalue weighted by molar-refractivity contribution is -0.111. The van der Waals surface area contributed by atoms with Gasteiger partial charge < -0.3 is 15.1 Å². The Hall–Kier alpha value is -4.12. The topological polar surface area (TPSA) is 71.3 Å². The standard InChI is InChI=1S/C24H18N2O3/c27-23(15-10-17-6-2-1-3-7-17)25-19-11-13-20(14-12-19)26-24(28)22-16-18-8-4-5-9-21(18)29-22/h1-16H,(H,25,27)(H,26,28)/b15-10+. The third-order valence-corrected chi connectivity index (χ3v) is 4.29. The molecule has 0 saturated heterocycles. The van der Waals surface area contributed by atoms with Crippen LogP contribution >= 0.6 is 0 Å². The quantitative estimate of drug-likeness (QED) is 0.458. The summed E-state index contributed by atoms with van der Waals surface area (Å²) in [5, 5.41) is 6.45. The number of carbonyl (C=O) groups excluding carboxylic acids is 2. The van der Waals surface area contributed by atoms with Gasteiger partial charge in [0.1, 0.15) is 5.58 Å². The fourth-order valence-corrected chi connectivity index (χ4v) is 2.84. The van der Waals surface area contributed by atoms with Gasteiger partial charge in [-0.05, 0) is 48.0 Å². The number of nitrogens with one attached hydrogen (secondary N) is 2. The molecule has 4 aromatic rings. The molecule has 2 amide bonds. The maximum atomic E-state index is 12.4. The van der Waals surface area contributed by atoms with Crippen molar-refractivity contribution in [3.63, 3.8) is 0 Å². The molecule has 3 aromatic carbocycles. The molecule has 0 spiro atoms. The fraction of sp³-hybridized carbons (Fsp3) is 0. The van der Waals surface area contributed by atoms with Crippen LogP contribution in [0.25, 0.3) is 17.0 Å². The van der Waals surface area contributed by atoms with Crippen LogP contribution in [0, 0.1) is 0 Å². The van der Waals surface area contributed by atoms with Crippen molar-refractivity contribution in [1.29, 1.82) is 0 Å². The van der Waals surface area contributed by atoms with Gasteiger partial charge in [-0.15, -0.1) is 0 Å². The zero-order valence-electron chi connectivity index (χ0n) is 15.5. The third kappa shape index (κ3) is 4.59. The van der Waals surface area contributed by atoms with E-state index in [0.717, 1.165) is 10.9 Å². The van der Waals surface area contributed by atoms with Crippen LogP contribution in [0.1, 0.15) is 16.1 Å². The molecule has 0 fully saturated rings. The van der Waals surface area contributed by atoms with E-state index >= 15 is 0 Å². The highest BCUT2D eigenvalue weighted by Gasteiger charge is 2.12. The van der Waals surface area contributed by atoms with Gasteiger partial charge in [-0.2, -0.15) is 0 Å². The molecule has 5 nitrogen and oxygen atoms in total. The second-order valence-electron chi connectivity index (χ2n) is 6.41. The van der Waals surface area contributed by atoms with Crippen molar-refractivity contribution >= 4 is 40.2 Å². The fourth-order valence-electron chi connectivity index (χ4n) is 2.84. The van der Waals surface area contributed by atoms with Crippen molar-refractivity contribution in [2.24, 2.45) is 0 Å². The Morgan fingerprint density at radius 2 is 1.41 bits per heavy atom. The van der Waals surface area contributed by atoms with Crippen molar-refractivity contribution in [3.8, 4) is 0 Å². The van der Waals surface area contributed by atoms with Crippen LogP contribution in [0.5, 0.6) is 0 Å². The van der Waals surface area contributed by atoms with Crippen LogP contribution < -0.4 is 10.6 Å². The number of amides is 2. The van der Waals surface area contributed by atoms with Crippen LogP contribution in [0.2, 0.25) is 0 Å². The average Bonchev–Trinajstić information content (AvgIpc) is 3.19. The highest BCUT2D eigenvalue weighted by molar-refractivity contribution is 6.05. The number of furan rings is 1. The summed E-state index contributed by atoms with van der Waals surface area (Å²) in [7, 11) is 0. The molecule has 29 heavy (non-hydrogen) atoms. The molecule has 0 aliphatic heterocycles. The number of hydrogen-bond donors (Lipinski definition) is 2. The van der Waals surface area contributed by atoms with Crippen LogP contribution in [0.4, 0.5) is 11.4 Å². The Kier molecular flexibility index (Phi) is 5.21. The Balaban J connectivity index is 1.36. The Bertz CT molecular complexity index is 1140. The summed E-state index contributed by atoms with van der Waals surface area (Å²) in [5.74, 6) is -0.314. The van der Waals surface area contributed by atoms with Gasteiger partial charge in [0.25, 0.3) is 5.91 Å². The zero-order valence-corrected chi connectivity index (χ0v) is 15.5. The van der Waals surface area contributed by atoms with E-state index in [-0.39, 0.29) is 17.6 Å². The zero-order chi connectivity index (χ0) is 20.1. The number of anilines is 2. The number of para-hydroxylation sites is 1. The first-order valence-electron chi connectivity index (χ1n) is 9.11. The molecule has 0 radical (unpaired) electrons. The van der Waals surface area contributed by atoms with E-state index in [2.05, 4.69) is 10.6 Å². The van der Waals surface area contributed by atoms with E-state index < -0.39 is 0 Å². The number of carbonyl (C=O) groups is 2. The van der Waals surface area contributed by atoms with E-state index in [1.54, 1.807) is 36.4 Å². The lowest BCUT2D eigenvalue weighted by atomic mass is 10.2. The number of fused-ring (bicyclic) bond motifs is 1. The summed E-state index contributed by atoms with van der Waals surface area (Å²) in [6, 6.07) is 25.6. The highest BCUT2D eigenvalue weighted by Crippen LogP contribution is 2.20. The van der Waals surface area contributed by atoms with Crippen molar-refractivity contribution in [2.75, 3.05) is 10.6 Å². The van der Waals surface area contributed by atoms with E-state index in [1.807, 2.05) is 54.6 Å². The average molecular weight is 382 g/mol. The first-order valence-corrected chi connectivity index (χ1v) is 9.11. The van der Waals surface area contributed by atoms with Gasteiger partial charge in [-0.1, -0.05) is 48.5 Å². The van der Waals surface area contributed by atoms with Crippen molar-refractivity contribution < 1.29 is 14.0 Å². The van der Waals surface area contributed by atoms with Crippen LogP contribution in [-0.2, 0) is 4.79 Å². The van der Waals surface area contributed by atoms with Gasteiger partial charge in [-0.25, -0.2) is 0 Å². The minimum absolute atomic E-state index is 0.229. The monoisotopic (exact) mass is 382 g/mol. The summed E-state index contributed by atoms with van der Waals surface area (Å²) in [6.07, 6.45) is 3.23. The lowest BCUT2D eigenvalue weighted by Gasteiger charge is -2.06. The molecule has 1 heterocycles. The third-order valence-electron chi connectivity index (χ3n) is 4.29. The van der Waals surface area contributed by atoms with Gasteiger partial charge >= 0.3 is 0 Å². The molecule has 0 aliphatic carbocycles. The van der Waals surface area contributed by atoms with Gasteiger partial charge in [0, 0.05) is 22.8 Å². The molecule has 2 N–H and O–H groups in total. The van der Waals surface area contributed by atoms with E-state index in [4.69, 9.17) is 4.42 Å². The summed E-state index contributed by atoms with van der Waals surface area (Å²) in [4.78, 5) is 24.4. The largest absolute Gasteiger partial charge is 0.451 e. The van der Waals surface area contributed by atoms with E-state index in [1.165, 1.54) is 6.08 Å². The second kappa shape index (κ2) is 8.27. The van der Waals surface area contributed by atoms with Gasteiger partial charge in [0.2, 0.25) is 5.91 Å². The maximum absolute atomic E-state index is 12.4. The molecule has 1 aromatic heterocycles. The molecule has 142 valence electrons. The summed E-state index contributed by atoms with van der Waals surface area (Å²) in [6.45, 7) is 0. The molecule has 0 saturated carbocycles. The smallest absolute Gasteiger partial charge is 0.291 e. The van der Waals surface area contributed by atoms with Crippen molar-refractivity contribution in [3.05, 3.63) is 102 Å². The first-order chi connectivity index (χ1) is 14.2. The van der Waals surface area contributed by atoms with Gasteiger partial charge in [-0.3, -0.25) is 9.59 Å². The highest BCUT2D eigenvalue weighted by atomic mass is 16.3. The van der Waals surface area contributed by atoms with Crippen molar-refractivity contribution in [1.82, 2.24) is 0 Å². The summed E-state index contributed by atoms with van der Waals surface area (Å²) in [5.41, 5.74) is 2.85. The summed E-state index contributed by atoms with van der Waals surface area (Å²) >= 11 is 0. The van der Waals surface area contributed by atoms with Gasteiger partial charge in [0.15, 0.2) is 5.76 Å². The molecule has 5 heteroatoms. The minimum Gasteiger partial charge on any atom is -0.451 e. The first kappa shape index (κ1) is 18.3. The molecular formula is C24H18N2O3. The van der Waals surface area contributed by atoms with E-state index in [0.29, 0.717) is 17.0 Å². The van der Waals surface area contributed by atoms with E-state index in [9.17, 15) is 9.59 Å². The summed E-state index contributed by atoms with van der Waals surface area (Å²) < 4.78 is 5.57. The van der Waals surface area contributed by atoms with Crippen LogP contribution in [-0.4, -0.2) is 11.8 Å². The minimum atomic E-state index is -0.330. The SMILES string of the molecule is O=C(/C=C/c1ccccc1)Nc1ccc(NC(=O)c2cc3ccccc3o2)cc1. The predicted molar refractivity (Wildman–Crippen MR) is 115 cm³/mol. The second-order valence-corrected chi connectivity index (χ2v) is 6.41. The van der Waals surface area contributed by atoms with Gasteiger partial charge in [0.05, 0.1) is 0 Å². The Morgan fingerprint density at radius 1 is 0.759 bits per heavy atom. The molecular weight excluding hydrogens is 364 g/mol. The maximum Gasteiger partial charge on any atom is 0.291 e. The normalized spacial score (nSPS) is 10.9. The predicted octanol–water partition coefficient (Wildman–Crippen LogP) is 5.34.